The van der Waals surface area contributed by atoms with E-state index in [2.05, 4.69) is 98.7 Å². The molecule has 1 heterocycles. The van der Waals surface area contributed by atoms with Gasteiger partial charge in [-0.2, -0.15) is 0 Å². The van der Waals surface area contributed by atoms with Crippen molar-refractivity contribution in [2.24, 2.45) is 23.2 Å². The predicted molar refractivity (Wildman–Crippen MR) is 206 cm³/mol. The first kappa shape index (κ1) is 40.3. The second-order valence-electron chi connectivity index (χ2n) is 19.2. The van der Waals surface area contributed by atoms with Crippen molar-refractivity contribution in [3.05, 3.63) is 41.6 Å². The van der Waals surface area contributed by atoms with Gasteiger partial charge in [0.15, 0.2) is 23.0 Å². The number of carbonyl (C=O) groups excluding carboxylic acids is 1. The summed E-state index contributed by atoms with van der Waals surface area (Å²) in [6.07, 6.45) is 20.6. The molecule has 3 saturated carbocycles. The third kappa shape index (κ3) is 9.89. The van der Waals surface area contributed by atoms with Gasteiger partial charge in [0.2, 0.25) is 0 Å². The molecule has 0 radical (unpaired) electrons. The lowest BCUT2D eigenvalue weighted by molar-refractivity contribution is -0.147. The van der Waals surface area contributed by atoms with Gasteiger partial charge in [-0.05, 0) is 124 Å². The first-order chi connectivity index (χ1) is 22.6. The van der Waals surface area contributed by atoms with Gasteiger partial charge >= 0.3 is 5.97 Å². The Bertz CT molecular complexity index is 1270. The molecule has 4 rings (SSSR count). The number of carbonyl (C=O) groups is 1. The van der Waals surface area contributed by atoms with Crippen molar-refractivity contribution in [2.75, 3.05) is 0 Å². The molecule has 7 atom stereocenters. The van der Waals surface area contributed by atoms with Crippen LogP contribution in [0.5, 0.6) is 0 Å². The van der Waals surface area contributed by atoms with Gasteiger partial charge in [-0.1, -0.05) is 85.1 Å². The molecular weight excluding hydrogens is 643 g/mol. The molecule has 3 aliphatic carbocycles. The molecule has 0 saturated heterocycles. The van der Waals surface area contributed by atoms with Gasteiger partial charge in [0.1, 0.15) is 18.1 Å². The lowest BCUT2D eigenvalue weighted by Gasteiger charge is -2.45. The van der Waals surface area contributed by atoms with Crippen LogP contribution in [0.3, 0.4) is 0 Å². The summed E-state index contributed by atoms with van der Waals surface area (Å²) in [5.41, 5.74) is 4.24. The smallest absolute Gasteiger partial charge is 0.303 e. The van der Waals surface area contributed by atoms with Crippen LogP contribution in [0.4, 0.5) is 0 Å². The van der Waals surface area contributed by atoms with Crippen molar-refractivity contribution >= 4 is 22.6 Å². The van der Waals surface area contributed by atoms with Gasteiger partial charge < -0.3 is 18.0 Å². The number of allylic oxidation sites excluding steroid dienone is 3. The van der Waals surface area contributed by atoms with E-state index in [-0.39, 0.29) is 34.4 Å². The second kappa shape index (κ2) is 15.6. The monoisotopic (exact) mass is 713 g/mol. The van der Waals surface area contributed by atoms with E-state index >= 15 is 0 Å². The minimum atomic E-state index is -1.90. The number of hydrogen-bond acceptors (Lipinski definition) is 6. The topological polar surface area (TPSA) is 70.8 Å². The maximum atomic E-state index is 11.8. The minimum absolute atomic E-state index is 0.190. The van der Waals surface area contributed by atoms with Crippen LogP contribution in [0.25, 0.3) is 0 Å². The average Bonchev–Trinajstić information content (AvgIpc) is 3.62. The highest BCUT2D eigenvalue weighted by Gasteiger charge is 2.50. The molecule has 0 amide bonds. The zero-order valence-corrected chi connectivity index (χ0v) is 35.5. The van der Waals surface area contributed by atoms with E-state index in [1.54, 1.807) is 11.8 Å². The Morgan fingerprint density at radius 1 is 1.00 bits per heavy atom. The summed E-state index contributed by atoms with van der Waals surface area (Å²) in [7, 11) is -3.80. The summed E-state index contributed by atoms with van der Waals surface area (Å²) in [5.74, 6) is 1.74. The summed E-state index contributed by atoms with van der Waals surface area (Å²) in [5, 5.41) is 0.381. The molecule has 1 aromatic rings. The Morgan fingerprint density at radius 3 is 2.14 bits per heavy atom. The van der Waals surface area contributed by atoms with Crippen LogP contribution in [0.2, 0.25) is 36.3 Å². The van der Waals surface area contributed by atoms with Crippen LogP contribution in [-0.4, -0.2) is 39.8 Å². The van der Waals surface area contributed by atoms with E-state index < -0.39 is 16.6 Å². The summed E-state index contributed by atoms with van der Waals surface area (Å²) in [6, 6.07) is 0. The summed E-state index contributed by atoms with van der Waals surface area (Å²) in [4.78, 5) is 16.0. The highest BCUT2D eigenvalue weighted by molar-refractivity contribution is 6.74. The quantitative estimate of drug-likeness (QED) is 0.159. The van der Waals surface area contributed by atoms with E-state index in [4.69, 9.17) is 18.0 Å². The van der Waals surface area contributed by atoms with Gasteiger partial charge in [-0.3, -0.25) is 4.79 Å². The Morgan fingerprint density at radius 2 is 1.61 bits per heavy atom. The van der Waals surface area contributed by atoms with Crippen LogP contribution in [0, 0.1) is 23.2 Å². The molecular formula is C41H71NO5Si2. The molecule has 0 aliphatic heterocycles. The lowest BCUT2D eigenvalue weighted by Crippen LogP contribution is -2.48. The molecule has 278 valence electrons. The molecule has 6 nitrogen and oxygen atoms in total. The predicted octanol–water partition coefficient (Wildman–Crippen LogP) is 12.1. The van der Waals surface area contributed by atoms with Gasteiger partial charge in [0.05, 0.1) is 12.2 Å². The van der Waals surface area contributed by atoms with Gasteiger partial charge in [0, 0.05) is 6.92 Å². The number of rotatable bonds is 12. The number of esters is 1. The lowest BCUT2D eigenvalue weighted by atomic mass is 9.60. The third-order valence-corrected chi connectivity index (χ3v) is 22.6. The number of hydrogen-bond donors (Lipinski definition) is 0. The fraction of sp³-hybridized carbons (Fsp3) is 0.805. The first-order valence-corrected chi connectivity index (χ1v) is 25.2. The minimum Gasteiger partial charge on any atom is -0.456 e. The summed E-state index contributed by atoms with van der Waals surface area (Å²) >= 11 is 0. The molecule has 49 heavy (non-hydrogen) atoms. The van der Waals surface area contributed by atoms with Crippen LogP contribution in [0.15, 0.2) is 40.4 Å². The third-order valence-electron chi connectivity index (χ3n) is 13.5. The normalized spacial score (nSPS) is 29.1. The Hall–Kier alpha value is -1.49. The average molecular weight is 714 g/mol. The molecule has 8 heteroatoms. The highest BCUT2D eigenvalue weighted by atomic mass is 28.4. The fourth-order valence-corrected chi connectivity index (χ4v) is 11.5. The van der Waals surface area contributed by atoms with E-state index in [0.717, 1.165) is 38.5 Å². The van der Waals surface area contributed by atoms with Gasteiger partial charge in [-0.15, -0.1) is 0 Å². The molecule has 1 unspecified atom stereocenters. The summed E-state index contributed by atoms with van der Waals surface area (Å²) in [6.45, 7) is 30.2. The molecule has 3 aliphatic rings. The molecule has 0 aromatic carbocycles. The van der Waals surface area contributed by atoms with Crippen molar-refractivity contribution in [1.82, 2.24) is 4.98 Å². The van der Waals surface area contributed by atoms with E-state index in [0.29, 0.717) is 28.9 Å². The molecule has 0 bridgehead atoms. The van der Waals surface area contributed by atoms with Crippen molar-refractivity contribution in [1.29, 1.82) is 0 Å². The Labute approximate surface area is 301 Å². The number of oxazole rings is 1. The molecule has 0 spiro atoms. The van der Waals surface area contributed by atoms with Gasteiger partial charge in [0.25, 0.3) is 0 Å². The molecule has 3 fully saturated rings. The van der Waals surface area contributed by atoms with Crippen LogP contribution in [0.1, 0.15) is 145 Å². The number of fused-ring (bicyclic) bond motifs is 1. The van der Waals surface area contributed by atoms with Crippen LogP contribution >= 0.6 is 0 Å². The number of nitrogens with zero attached hydrogens (tertiary/aromatic N) is 1. The number of aromatic nitrogens is 1. The SMILES string of the molecule is CC(=O)OC(CCC[C@@H](C)[C@H]1CC[C@H]2/C(=C/C=C3C[C@@H](O[Si](C)(C)C(C)(C)C)C[C@H](O[Si](C)(C)C(C)(C)C)C3)CCC[C@]12C)c1cocn1. The zero-order chi connectivity index (χ0) is 36.4. The maximum absolute atomic E-state index is 11.8. The molecule has 0 N–H and O–H groups in total. The standard InChI is InChI=1S/C41H71NO5Si2/c1-29(16-14-18-38(45-30(2)43)37-27-44-28-42-37)35-21-22-36-32(17-15-23-41(35,36)9)20-19-31-24-33(46-48(10,11)39(3,4)5)26-34(25-31)47-49(12,13)40(6,7)8/h19-20,27-29,33-36,38H,14-18,21-26H2,1-13H3/b32-20+/t29-,33-,34-,35-,36+,38?,41-/m1/s1. The van der Waals surface area contributed by atoms with Crippen molar-refractivity contribution in [3.63, 3.8) is 0 Å². The van der Waals surface area contributed by atoms with E-state index in [1.165, 1.54) is 51.0 Å². The fourth-order valence-electron chi connectivity index (χ4n) is 8.74. The number of ether oxygens (including phenoxy) is 1. The largest absolute Gasteiger partial charge is 0.456 e. The van der Waals surface area contributed by atoms with E-state index in [1.807, 2.05) is 0 Å². The van der Waals surface area contributed by atoms with Crippen molar-refractivity contribution in [2.45, 2.75) is 188 Å². The van der Waals surface area contributed by atoms with Crippen molar-refractivity contribution in [3.8, 4) is 0 Å². The Balaban J connectivity index is 1.47. The second-order valence-corrected chi connectivity index (χ2v) is 28.7. The highest BCUT2D eigenvalue weighted by Crippen LogP contribution is 2.60. The summed E-state index contributed by atoms with van der Waals surface area (Å²) < 4.78 is 25.0. The van der Waals surface area contributed by atoms with Gasteiger partial charge in [-0.25, -0.2) is 4.98 Å². The van der Waals surface area contributed by atoms with Crippen molar-refractivity contribution < 1.29 is 22.8 Å². The Kier molecular flexibility index (Phi) is 12.9. The van der Waals surface area contributed by atoms with E-state index in [9.17, 15) is 4.79 Å². The van der Waals surface area contributed by atoms with Crippen LogP contribution in [-0.2, 0) is 18.4 Å². The maximum Gasteiger partial charge on any atom is 0.303 e. The zero-order valence-electron chi connectivity index (χ0n) is 33.5. The molecule has 1 aromatic heterocycles. The van der Waals surface area contributed by atoms with Crippen LogP contribution < -0.4 is 0 Å². The first-order valence-electron chi connectivity index (χ1n) is 19.4.